The number of nitrogens with zero attached hydrogens (tertiary/aromatic N) is 3. The van der Waals surface area contributed by atoms with Crippen LogP contribution in [0.5, 0.6) is 5.75 Å². The zero-order valence-corrected chi connectivity index (χ0v) is 21.2. The number of hydrogen-bond acceptors (Lipinski definition) is 8. The van der Waals surface area contributed by atoms with Gasteiger partial charge in [-0.05, 0) is 61.1 Å². The van der Waals surface area contributed by atoms with E-state index in [1.54, 1.807) is 30.0 Å². The van der Waals surface area contributed by atoms with E-state index < -0.39 is 6.10 Å². The van der Waals surface area contributed by atoms with Gasteiger partial charge in [0.25, 0.3) is 5.91 Å². The number of piperidine rings is 1. The van der Waals surface area contributed by atoms with Crippen molar-refractivity contribution in [2.24, 2.45) is 0 Å². The molecule has 5 N–H and O–H groups in total. The normalized spacial score (nSPS) is 20.5. The summed E-state index contributed by atoms with van der Waals surface area (Å²) in [6, 6.07) is 8.76. The third-order valence-electron chi connectivity index (χ3n) is 7.55. The van der Waals surface area contributed by atoms with Crippen LogP contribution in [0.4, 0.5) is 11.6 Å². The lowest BCUT2D eigenvalue weighted by atomic mass is 9.92. The van der Waals surface area contributed by atoms with E-state index in [1.807, 2.05) is 12.1 Å². The number of aliphatic hydroxyl groups excluding tert-OH is 1. The van der Waals surface area contributed by atoms with Crippen LogP contribution < -0.4 is 20.9 Å². The predicted octanol–water partition coefficient (Wildman–Crippen LogP) is 1.23. The van der Waals surface area contributed by atoms with E-state index in [0.29, 0.717) is 37.4 Å². The molecule has 3 aliphatic rings. The maximum atomic E-state index is 13.2. The van der Waals surface area contributed by atoms with Gasteiger partial charge < -0.3 is 36.0 Å². The standard InChI is InChI=1S/C27H36N6O4/c1-17(34)33-15-21(16-33)30-25-11-19(12-26(31-25)32-7-3-2-4-8-32)27(37)29-14-24(36)23-10-18-5-6-22(35)9-20(18)13-28-23/h5-6,9,11-12,21,23-24,28,35-36H,2-4,7-8,10,13-16H2,1H3,(H,29,37)(H,30,31)/t23-,24?/m0/s1. The fourth-order valence-corrected chi connectivity index (χ4v) is 5.28. The average molecular weight is 509 g/mol. The first kappa shape index (κ1) is 25.3. The first-order chi connectivity index (χ1) is 17.9. The molecule has 10 nitrogen and oxygen atoms in total. The predicted molar refractivity (Wildman–Crippen MR) is 141 cm³/mol. The van der Waals surface area contributed by atoms with Crippen molar-refractivity contribution in [2.75, 3.05) is 42.9 Å². The highest BCUT2D eigenvalue weighted by Crippen LogP contribution is 2.25. The molecule has 2 fully saturated rings. The molecule has 5 rings (SSSR count). The Bertz CT molecular complexity index is 1150. The molecule has 0 aliphatic carbocycles. The molecular formula is C27H36N6O4. The lowest BCUT2D eigenvalue weighted by Crippen LogP contribution is -2.56. The molecule has 1 aromatic carbocycles. The lowest BCUT2D eigenvalue weighted by Gasteiger charge is -2.39. The van der Waals surface area contributed by atoms with Gasteiger partial charge in [-0.15, -0.1) is 0 Å². The Morgan fingerprint density at radius 2 is 1.92 bits per heavy atom. The number of phenols is 1. The summed E-state index contributed by atoms with van der Waals surface area (Å²) in [4.78, 5) is 33.5. The molecular weight excluding hydrogens is 472 g/mol. The Labute approximate surface area is 217 Å². The highest BCUT2D eigenvalue weighted by atomic mass is 16.3. The number of anilines is 2. The fraction of sp³-hybridized carbons (Fsp3) is 0.519. The average Bonchev–Trinajstić information content (AvgIpc) is 2.88. The highest BCUT2D eigenvalue weighted by Gasteiger charge is 2.29. The van der Waals surface area contributed by atoms with Crippen molar-refractivity contribution in [2.45, 2.75) is 57.3 Å². The molecule has 2 aromatic rings. The molecule has 0 radical (unpaired) electrons. The van der Waals surface area contributed by atoms with Crippen LogP contribution in [-0.4, -0.2) is 82.8 Å². The van der Waals surface area contributed by atoms with E-state index in [-0.39, 0.29) is 36.2 Å². The molecule has 198 valence electrons. The van der Waals surface area contributed by atoms with Gasteiger partial charge in [0, 0.05) is 57.8 Å². The van der Waals surface area contributed by atoms with Gasteiger partial charge in [0.05, 0.1) is 12.1 Å². The van der Waals surface area contributed by atoms with Crippen LogP contribution in [0.2, 0.25) is 0 Å². The third-order valence-corrected chi connectivity index (χ3v) is 7.55. The van der Waals surface area contributed by atoms with Crippen LogP contribution in [0.15, 0.2) is 30.3 Å². The van der Waals surface area contributed by atoms with E-state index in [1.165, 1.54) is 6.42 Å². The van der Waals surface area contributed by atoms with Crippen molar-refractivity contribution >= 4 is 23.5 Å². The van der Waals surface area contributed by atoms with Crippen LogP contribution in [0.3, 0.4) is 0 Å². The number of aliphatic hydroxyl groups is 1. The molecule has 0 bridgehead atoms. The zero-order chi connectivity index (χ0) is 25.9. The number of likely N-dealkylation sites (tertiary alicyclic amines) is 1. The van der Waals surface area contributed by atoms with Gasteiger partial charge in [-0.3, -0.25) is 9.59 Å². The van der Waals surface area contributed by atoms with Crippen molar-refractivity contribution in [3.8, 4) is 5.75 Å². The van der Waals surface area contributed by atoms with Crippen molar-refractivity contribution in [3.05, 3.63) is 47.0 Å². The number of pyridine rings is 1. The Hall–Kier alpha value is -3.37. The van der Waals surface area contributed by atoms with Gasteiger partial charge in [0.2, 0.25) is 5.91 Å². The molecule has 3 aliphatic heterocycles. The summed E-state index contributed by atoms with van der Waals surface area (Å²) >= 11 is 0. The van der Waals surface area contributed by atoms with E-state index in [0.717, 1.165) is 42.9 Å². The number of carbonyl (C=O) groups is 2. The topological polar surface area (TPSA) is 130 Å². The summed E-state index contributed by atoms with van der Waals surface area (Å²) in [6.07, 6.45) is 3.25. The first-order valence-corrected chi connectivity index (χ1v) is 13.2. The summed E-state index contributed by atoms with van der Waals surface area (Å²) < 4.78 is 0. The fourth-order valence-electron chi connectivity index (χ4n) is 5.28. The lowest BCUT2D eigenvalue weighted by molar-refractivity contribution is -0.132. The summed E-state index contributed by atoms with van der Waals surface area (Å²) in [5.74, 6) is 1.42. The number of aromatic hydroxyl groups is 1. The minimum absolute atomic E-state index is 0.0563. The van der Waals surface area contributed by atoms with Crippen LogP contribution >= 0.6 is 0 Å². The quantitative estimate of drug-likeness (QED) is 0.378. The molecule has 2 amide bonds. The molecule has 1 aromatic heterocycles. The molecule has 0 spiro atoms. The smallest absolute Gasteiger partial charge is 0.251 e. The highest BCUT2D eigenvalue weighted by molar-refractivity contribution is 5.95. The molecule has 2 saturated heterocycles. The summed E-state index contributed by atoms with van der Waals surface area (Å²) in [6.45, 7) is 5.29. The van der Waals surface area contributed by atoms with Gasteiger partial charge in [-0.1, -0.05) is 6.07 Å². The number of carbonyl (C=O) groups excluding carboxylic acids is 2. The maximum Gasteiger partial charge on any atom is 0.251 e. The summed E-state index contributed by atoms with van der Waals surface area (Å²) in [7, 11) is 0. The molecule has 4 heterocycles. The van der Waals surface area contributed by atoms with Gasteiger partial charge >= 0.3 is 0 Å². The number of nitrogens with one attached hydrogen (secondary N) is 3. The minimum atomic E-state index is -0.764. The van der Waals surface area contributed by atoms with Gasteiger partial charge in [-0.2, -0.15) is 0 Å². The number of hydrogen-bond donors (Lipinski definition) is 5. The Balaban J connectivity index is 1.24. The Kier molecular flexibility index (Phi) is 7.48. The van der Waals surface area contributed by atoms with E-state index in [9.17, 15) is 19.8 Å². The van der Waals surface area contributed by atoms with Crippen molar-refractivity contribution in [3.63, 3.8) is 0 Å². The third kappa shape index (κ3) is 5.97. The second kappa shape index (κ2) is 10.9. The van der Waals surface area contributed by atoms with Gasteiger partial charge in [0.15, 0.2) is 0 Å². The Morgan fingerprint density at radius 3 is 2.68 bits per heavy atom. The second-order valence-electron chi connectivity index (χ2n) is 10.3. The number of phenolic OH excluding ortho intramolecular Hbond substituents is 1. The molecule has 0 saturated carbocycles. The summed E-state index contributed by atoms with van der Waals surface area (Å²) in [5.41, 5.74) is 2.60. The monoisotopic (exact) mass is 508 g/mol. The van der Waals surface area contributed by atoms with Crippen LogP contribution in [0, 0.1) is 0 Å². The first-order valence-electron chi connectivity index (χ1n) is 13.2. The number of amides is 2. The SMILES string of the molecule is CC(=O)N1CC(Nc2cc(C(=O)NCC(O)[C@@H]3Cc4ccc(O)cc4CN3)cc(N3CCCCC3)n2)C1. The van der Waals surface area contributed by atoms with E-state index >= 15 is 0 Å². The molecule has 10 heteroatoms. The van der Waals surface area contributed by atoms with E-state index in [4.69, 9.17) is 4.98 Å². The van der Waals surface area contributed by atoms with Crippen LogP contribution in [-0.2, 0) is 17.8 Å². The minimum Gasteiger partial charge on any atom is -0.508 e. The Morgan fingerprint density at radius 1 is 1.14 bits per heavy atom. The zero-order valence-electron chi connectivity index (χ0n) is 21.2. The summed E-state index contributed by atoms with van der Waals surface area (Å²) in [5, 5.41) is 30.1. The van der Waals surface area contributed by atoms with Gasteiger partial charge in [0.1, 0.15) is 17.4 Å². The van der Waals surface area contributed by atoms with Crippen molar-refractivity contribution < 1.29 is 19.8 Å². The molecule has 1 unspecified atom stereocenters. The maximum absolute atomic E-state index is 13.2. The molecule has 2 atom stereocenters. The van der Waals surface area contributed by atoms with Crippen LogP contribution in [0.1, 0.15) is 47.7 Å². The number of rotatable bonds is 7. The molecule has 37 heavy (non-hydrogen) atoms. The second-order valence-corrected chi connectivity index (χ2v) is 10.3. The number of fused-ring (bicyclic) bond motifs is 1. The largest absolute Gasteiger partial charge is 0.508 e. The van der Waals surface area contributed by atoms with Crippen molar-refractivity contribution in [1.29, 1.82) is 0 Å². The van der Waals surface area contributed by atoms with Crippen molar-refractivity contribution in [1.82, 2.24) is 20.5 Å². The van der Waals surface area contributed by atoms with Gasteiger partial charge in [-0.25, -0.2) is 4.98 Å². The number of benzene rings is 1. The van der Waals surface area contributed by atoms with E-state index in [2.05, 4.69) is 20.9 Å². The number of aromatic nitrogens is 1. The van der Waals surface area contributed by atoms with Crippen LogP contribution in [0.25, 0.3) is 0 Å².